The van der Waals surface area contributed by atoms with Crippen LogP contribution in [0.2, 0.25) is 0 Å². The molecule has 1 heterocycles. The summed E-state index contributed by atoms with van der Waals surface area (Å²) in [5, 5.41) is 48.8. The monoisotopic (exact) mass is 367 g/mol. The molecule has 6 nitrogen and oxygen atoms in total. The van der Waals surface area contributed by atoms with Crippen LogP contribution in [0.3, 0.4) is 0 Å². The first kappa shape index (κ1) is 18.9. The molecule has 0 unspecified atom stereocenters. The van der Waals surface area contributed by atoms with E-state index in [1.54, 1.807) is 18.2 Å². The van der Waals surface area contributed by atoms with Crippen molar-refractivity contribution in [1.29, 1.82) is 5.26 Å². The molecule has 0 radical (unpaired) electrons. The fourth-order valence-corrected chi connectivity index (χ4v) is 3.16. The SMILES string of the molecule is Cc1ccc(Cc2cc([C@@H]3O/C(=C/O)[C@@H](O)[C@H](O)[C@H]3O)ccc2C#N)cc1. The highest BCUT2D eigenvalue weighted by Gasteiger charge is 2.42. The van der Waals surface area contributed by atoms with Crippen LogP contribution in [0.4, 0.5) is 0 Å². The van der Waals surface area contributed by atoms with Crippen LogP contribution in [0.25, 0.3) is 0 Å². The molecule has 0 bridgehead atoms. The van der Waals surface area contributed by atoms with E-state index >= 15 is 0 Å². The van der Waals surface area contributed by atoms with Crippen molar-refractivity contribution < 1.29 is 25.2 Å². The van der Waals surface area contributed by atoms with Crippen LogP contribution in [-0.2, 0) is 11.2 Å². The van der Waals surface area contributed by atoms with E-state index in [2.05, 4.69) is 6.07 Å². The summed E-state index contributed by atoms with van der Waals surface area (Å²) in [6, 6.07) is 15.1. The molecule has 0 saturated carbocycles. The van der Waals surface area contributed by atoms with Crippen LogP contribution in [0, 0.1) is 18.3 Å². The van der Waals surface area contributed by atoms with Gasteiger partial charge < -0.3 is 25.2 Å². The van der Waals surface area contributed by atoms with Gasteiger partial charge in [0.25, 0.3) is 0 Å². The summed E-state index contributed by atoms with van der Waals surface area (Å²) in [7, 11) is 0. The van der Waals surface area contributed by atoms with Crippen LogP contribution >= 0.6 is 0 Å². The first-order chi connectivity index (χ1) is 12.9. The molecule has 1 aliphatic heterocycles. The first-order valence-electron chi connectivity index (χ1n) is 8.58. The molecule has 140 valence electrons. The Morgan fingerprint density at radius 2 is 1.78 bits per heavy atom. The number of nitrogens with zero attached hydrogens (tertiary/aromatic N) is 1. The lowest BCUT2D eigenvalue weighted by Crippen LogP contribution is -2.47. The molecule has 4 atom stereocenters. The predicted molar refractivity (Wildman–Crippen MR) is 97.7 cm³/mol. The van der Waals surface area contributed by atoms with Crippen LogP contribution in [0.5, 0.6) is 0 Å². The highest BCUT2D eigenvalue weighted by atomic mass is 16.5. The number of ether oxygens (including phenoxy) is 1. The van der Waals surface area contributed by atoms with Crippen molar-refractivity contribution in [3.8, 4) is 6.07 Å². The Bertz CT molecular complexity index is 884. The largest absolute Gasteiger partial charge is 0.512 e. The average Bonchev–Trinajstić information content (AvgIpc) is 2.68. The lowest BCUT2D eigenvalue weighted by atomic mass is 9.90. The third-order valence-electron chi connectivity index (χ3n) is 4.76. The zero-order valence-electron chi connectivity index (χ0n) is 14.8. The molecular formula is C21H21NO5. The number of aliphatic hydroxyl groups is 4. The molecule has 1 aliphatic rings. The molecule has 1 fully saturated rings. The standard InChI is InChI=1S/C21H21NO5/c1-12-2-4-13(5-3-12)8-16-9-14(6-7-15(16)10-22)21-20(26)19(25)18(24)17(11-23)27-21/h2-7,9,11,18-21,23-26H,8H2,1H3/b17-11+/t18-,19+,20-,21+/m1/s1. The zero-order valence-corrected chi connectivity index (χ0v) is 14.8. The third kappa shape index (κ3) is 3.81. The number of aliphatic hydroxyl groups excluding tert-OH is 4. The second-order valence-corrected chi connectivity index (χ2v) is 6.69. The summed E-state index contributed by atoms with van der Waals surface area (Å²) >= 11 is 0. The van der Waals surface area contributed by atoms with Gasteiger partial charge in [-0.15, -0.1) is 0 Å². The molecule has 6 heteroatoms. The molecule has 0 spiro atoms. The van der Waals surface area contributed by atoms with E-state index in [9.17, 15) is 25.7 Å². The molecule has 0 aromatic heterocycles. The van der Waals surface area contributed by atoms with E-state index in [1.807, 2.05) is 31.2 Å². The van der Waals surface area contributed by atoms with Gasteiger partial charge >= 0.3 is 0 Å². The van der Waals surface area contributed by atoms with Gasteiger partial charge in [-0.2, -0.15) is 5.26 Å². The maximum atomic E-state index is 10.3. The Balaban J connectivity index is 1.95. The quantitative estimate of drug-likeness (QED) is 0.617. The summed E-state index contributed by atoms with van der Waals surface area (Å²) in [5.74, 6) is -0.220. The van der Waals surface area contributed by atoms with E-state index in [-0.39, 0.29) is 5.76 Å². The zero-order chi connectivity index (χ0) is 19.6. The van der Waals surface area contributed by atoms with Crippen molar-refractivity contribution in [3.05, 3.63) is 82.3 Å². The summed E-state index contributed by atoms with van der Waals surface area (Å²) in [5.41, 5.74) is 3.97. The summed E-state index contributed by atoms with van der Waals surface area (Å²) < 4.78 is 5.48. The summed E-state index contributed by atoms with van der Waals surface area (Å²) in [4.78, 5) is 0. The van der Waals surface area contributed by atoms with Gasteiger partial charge in [0.1, 0.15) is 24.6 Å². The normalized spacial score (nSPS) is 26.4. The van der Waals surface area contributed by atoms with Gasteiger partial charge in [0.2, 0.25) is 0 Å². The van der Waals surface area contributed by atoms with Crippen molar-refractivity contribution in [2.24, 2.45) is 0 Å². The van der Waals surface area contributed by atoms with Gasteiger partial charge in [0, 0.05) is 0 Å². The van der Waals surface area contributed by atoms with E-state index in [4.69, 9.17) is 4.74 Å². The van der Waals surface area contributed by atoms with Gasteiger partial charge in [-0.05, 0) is 36.1 Å². The lowest BCUT2D eigenvalue weighted by Gasteiger charge is -2.37. The highest BCUT2D eigenvalue weighted by molar-refractivity contribution is 5.44. The molecule has 3 rings (SSSR count). The Kier molecular flexibility index (Phi) is 5.47. The molecule has 1 saturated heterocycles. The van der Waals surface area contributed by atoms with E-state index in [0.717, 1.165) is 16.7 Å². The van der Waals surface area contributed by atoms with Crippen LogP contribution in [0.15, 0.2) is 54.5 Å². The van der Waals surface area contributed by atoms with Gasteiger partial charge in [-0.3, -0.25) is 0 Å². The average molecular weight is 367 g/mol. The molecule has 2 aromatic rings. The van der Waals surface area contributed by atoms with Crippen molar-refractivity contribution in [2.45, 2.75) is 37.8 Å². The second-order valence-electron chi connectivity index (χ2n) is 6.69. The smallest absolute Gasteiger partial charge is 0.162 e. The minimum absolute atomic E-state index is 0.220. The number of benzene rings is 2. The Morgan fingerprint density at radius 3 is 2.41 bits per heavy atom. The number of nitriles is 1. The van der Waals surface area contributed by atoms with Crippen molar-refractivity contribution in [3.63, 3.8) is 0 Å². The molecule has 0 amide bonds. The van der Waals surface area contributed by atoms with Gasteiger partial charge in [0.05, 0.1) is 11.6 Å². The third-order valence-corrected chi connectivity index (χ3v) is 4.76. The van der Waals surface area contributed by atoms with Gasteiger partial charge in [0.15, 0.2) is 11.9 Å². The predicted octanol–water partition coefficient (Wildman–Crippen LogP) is 2.01. The van der Waals surface area contributed by atoms with E-state index < -0.39 is 24.4 Å². The molecule has 27 heavy (non-hydrogen) atoms. The Morgan fingerprint density at radius 1 is 1.07 bits per heavy atom. The van der Waals surface area contributed by atoms with Crippen LogP contribution < -0.4 is 0 Å². The number of hydrogen-bond acceptors (Lipinski definition) is 6. The van der Waals surface area contributed by atoms with Crippen LogP contribution in [0.1, 0.15) is 33.9 Å². The van der Waals surface area contributed by atoms with Gasteiger partial charge in [-0.25, -0.2) is 0 Å². The lowest BCUT2D eigenvalue weighted by molar-refractivity contribution is -0.159. The number of aryl methyl sites for hydroxylation is 1. The number of rotatable bonds is 3. The molecular weight excluding hydrogens is 346 g/mol. The van der Waals surface area contributed by atoms with Crippen molar-refractivity contribution >= 4 is 0 Å². The minimum atomic E-state index is -1.51. The van der Waals surface area contributed by atoms with E-state index in [1.165, 1.54) is 0 Å². The van der Waals surface area contributed by atoms with Crippen molar-refractivity contribution in [1.82, 2.24) is 0 Å². The summed E-state index contributed by atoms with van der Waals surface area (Å²) in [6.45, 7) is 2.00. The Hall–Kier alpha value is -2.85. The fourth-order valence-electron chi connectivity index (χ4n) is 3.16. The minimum Gasteiger partial charge on any atom is -0.512 e. The highest BCUT2D eigenvalue weighted by Crippen LogP contribution is 2.35. The molecule has 4 N–H and O–H groups in total. The maximum absolute atomic E-state index is 10.3. The molecule has 0 aliphatic carbocycles. The summed E-state index contributed by atoms with van der Waals surface area (Å²) in [6.07, 6.45) is -4.28. The van der Waals surface area contributed by atoms with Crippen LogP contribution in [-0.4, -0.2) is 38.7 Å². The Labute approximate surface area is 157 Å². The second kappa shape index (κ2) is 7.80. The maximum Gasteiger partial charge on any atom is 0.162 e. The van der Waals surface area contributed by atoms with Crippen molar-refractivity contribution in [2.75, 3.05) is 0 Å². The topological polar surface area (TPSA) is 114 Å². The van der Waals surface area contributed by atoms with E-state index in [0.29, 0.717) is 23.8 Å². The van der Waals surface area contributed by atoms with Gasteiger partial charge in [-0.1, -0.05) is 42.0 Å². The molecule has 2 aromatic carbocycles. The number of hydrogen-bond donors (Lipinski definition) is 4. The fraction of sp³-hybridized carbons (Fsp3) is 0.286. The first-order valence-corrected chi connectivity index (χ1v) is 8.58.